The number of aryl methyl sites for hydroxylation is 1. The van der Waals surface area contributed by atoms with Crippen LogP contribution < -0.4 is 14.2 Å². The van der Waals surface area contributed by atoms with Gasteiger partial charge in [0.05, 0.1) is 14.2 Å². The first kappa shape index (κ1) is 25.4. The Hall–Kier alpha value is -3.68. The number of methoxy groups -OCH3 is 2. The SMILES string of the molecule is COc1cccc(OC)c1-n1c(NS(=O)(=O)[C@H](C)[C@@H](O)c2nccc(Cl)n2)nnc1-c1ccc(C)o1. The molecule has 0 aliphatic heterocycles. The van der Waals surface area contributed by atoms with Crippen molar-refractivity contribution in [3.8, 4) is 28.8 Å². The fraction of sp³-hybridized carbons (Fsp3) is 0.273. The monoisotopic (exact) mass is 534 g/mol. The van der Waals surface area contributed by atoms with Gasteiger partial charge in [0.25, 0.3) is 0 Å². The summed E-state index contributed by atoms with van der Waals surface area (Å²) in [6, 6.07) is 9.90. The molecule has 0 aliphatic rings. The molecule has 0 saturated carbocycles. The number of sulfonamides is 1. The van der Waals surface area contributed by atoms with Crippen molar-refractivity contribution in [3.63, 3.8) is 0 Å². The lowest BCUT2D eigenvalue weighted by atomic mass is 10.2. The molecule has 0 radical (unpaired) electrons. The van der Waals surface area contributed by atoms with Crippen LogP contribution in [0.3, 0.4) is 0 Å². The Morgan fingerprint density at radius 2 is 1.81 bits per heavy atom. The Labute approximate surface area is 211 Å². The molecule has 0 amide bonds. The van der Waals surface area contributed by atoms with Crippen LogP contribution in [0.25, 0.3) is 17.3 Å². The lowest BCUT2D eigenvalue weighted by Gasteiger charge is -2.20. The van der Waals surface area contributed by atoms with E-state index in [1.165, 1.54) is 38.0 Å². The minimum absolute atomic E-state index is 0.0676. The third kappa shape index (κ3) is 4.85. The number of ether oxygens (including phenoxy) is 2. The Morgan fingerprint density at radius 3 is 2.39 bits per heavy atom. The normalized spacial score (nSPS) is 13.3. The van der Waals surface area contributed by atoms with Crippen molar-refractivity contribution in [2.45, 2.75) is 25.2 Å². The molecule has 2 N–H and O–H groups in total. The van der Waals surface area contributed by atoms with Gasteiger partial charge in [-0.25, -0.2) is 18.4 Å². The first-order valence-electron chi connectivity index (χ1n) is 10.6. The molecule has 0 bridgehead atoms. The van der Waals surface area contributed by atoms with Gasteiger partial charge in [-0.15, -0.1) is 10.2 Å². The van der Waals surface area contributed by atoms with Crippen LogP contribution in [0.4, 0.5) is 5.95 Å². The number of anilines is 1. The Morgan fingerprint density at radius 1 is 1.11 bits per heavy atom. The van der Waals surface area contributed by atoms with Crippen molar-refractivity contribution in [3.05, 3.63) is 59.3 Å². The molecule has 0 aliphatic carbocycles. The molecule has 3 aromatic heterocycles. The van der Waals surface area contributed by atoms with Crippen LogP contribution in [0.2, 0.25) is 5.15 Å². The highest BCUT2D eigenvalue weighted by Crippen LogP contribution is 2.38. The molecule has 0 spiro atoms. The van der Waals surface area contributed by atoms with Crippen LogP contribution in [0.5, 0.6) is 11.5 Å². The van der Waals surface area contributed by atoms with Crippen molar-refractivity contribution >= 4 is 27.6 Å². The van der Waals surface area contributed by atoms with Crippen molar-refractivity contribution in [2.24, 2.45) is 0 Å². The number of halogens is 1. The molecule has 190 valence electrons. The van der Waals surface area contributed by atoms with E-state index in [-0.39, 0.29) is 22.8 Å². The largest absolute Gasteiger partial charge is 0.494 e. The van der Waals surface area contributed by atoms with E-state index in [2.05, 4.69) is 24.9 Å². The zero-order chi connectivity index (χ0) is 26.0. The van der Waals surface area contributed by atoms with Crippen LogP contribution in [0, 0.1) is 6.92 Å². The summed E-state index contributed by atoms with van der Waals surface area (Å²) in [5.74, 6) is 1.53. The highest BCUT2D eigenvalue weighted by molar-refractivity contribution is 7.93. The zero-order valence-corrected chi connectivity index (χ0v) is 21.3. The van der Waals surface area contributed by atoms with Gasteiger partial charge < -0.3 is 19.0 Å². The summed E-state index contributed by atoms with van der Waals surface area (Å²) in [7, 11) is -1.34. The summed E-state index contributed by atoms with van der Waals surface area (Å²) in [4.78, 5) is 7.83. The van der Waals surface area contributed by atoms with Crippen LogP contribution in [-0.4, -0.2) is 57.7 Å². The highest BCUT2D eigenvalue weighted by Gasteiger charge is 2.34. The van der Waals surface area contributed by atoms with E-state index < -0.39 is 21.4 Å². The molecule has 2 atom stereocenters. The van der Waals surface area contributed by atoms with E-state index in [4.69, 9.17) is 25.5 Å². The number of aliphatic hydroxyl groups is 1. The second-order valence-electron chi connectivity index (χ2n) is 7.64. The molecule has 4 rings (SSSR count). The second-order valence-corrected chi connectivity index (χ2v) is 10.1. The second kappa shape index (κ2) is 10.1. The van der Waals surface area contributed by atoms with Crippen LogP contribution in [-0.2, 0) is 10.0 Å². The number of furan rings is 1. The lowest BCUT2D eigenvalue weighted by molar-refractivity contribution is 0.166. The van der Waals surface area contributed by atoms with Crippen molar-refractivity contribution < 1.29 is 27.4 Å². The molecular weight excluding hydrogens is 512 g/mol. The molecule has 12 nitrogen and oxygen atoms in total. The average Bonchev–Trinajstić information content (AvgIpc) is 3.47. The first-order valence-corrected chi connectivity index (χ1v) is 12.5. The summed E-state index contributed by atoms with van der Waals surface area (Å²) in [5, 5.41) is 17.6. The number of para-hydroxylation sites is 1. The van der Waals surface area contributed by atoms with Gasteiger partial charge >= 0.3 is 0 Å². The van der Waals surface area contributed by atoms with Gasteiger partial charge in [0, 0.05) is 6.20 Å². The number of benzene rings is 1. The molecule has 3 heterocycles. The predicted octanol–water partition coefficient (Wildman–Crippen LogP) is 3.16. The first-order chi connectivity index (χ1) is 17.2. The summed E-state index contributed by atoms with van der Waals surface area (Å²) < 4.78 is 47.2. The molecule has 0 fully saturated rings. The van der Waals surface area contributed by atoms with Gasteiger partial charge in [-0.2, -0.15) is 0 Å². The maximum atomic E-state index is 13.3. The van der Waals surface area contributed by atoms with E-state index >= 15 is 0 Å². The lowest BCUT2D eigenvalue weighted by Crippen LogP contribution is -2.32. The molecular formula is C22H23ClN6O6S. The standard InChI is InChI=1S/C22H23ClN6O6S/c1-12-8-9-16(35-12)21-26-27-22(29(21)18-14(33-3)6-5-7-15(18)34-4)28-36(31,32)13(2)19(30)20-24-11-10-17(23)25-20/h5-11,13,19,30H,1-4H3,(H,27,28)/t13-,19-/m1/s1. The van der Waals surface area contributed by atoms with Gasteiger partial charge in [0.1, 0.15) is 39.5 Å². The topological polar surface area (TPSA) is 154 Å². The maximum absolute atomic E-state index is 13.3. The third-order valence-corrected chi connectivity index (χ3v) is 7.24. The highest BCUT2D eigenvalue weighted by atomic mass is 35.5. The summed E-state index contributed by atoms with van der Waals surface area (Å²) in [5.41, 5.74) is 0.334. The quantitative estimate of drug-likeness (QED) is 0.306. The molecule has 0 unspecified atom stereocenters. The van der Waals surface area contributed by atoms with Gasteiger partial charge in [-0.05, 0) is 44.2 Å². The van der Waals surface area contributed by atoms with E-state index in [0.717, 1.165) is 0 Å². The van der Waals surface area contributed by atoms with E-state index in [9.17, 15) is 13.5 Å². The van der Waals surface area contributed by atoms with E-state index in [1.807, 2.05) is 0 Å². The van der Waals surface area contributed by atoms with Gasteiger partial charge in [-0.3, -0.25) is 9.29 Å². The number of hydrogen-bond acceptors (Lipinski definition) is 10. The zero-order valence-electron chi connectivity index (χ0n) is 19.7. The molecule has 4 aromatic rings. The summed E-state index contributed by atoms with van der Waals surface area (Å²) in [6.07, 6.45) is -0.256. The molecule has 36 heavy (non-hydrogen) atoms. The van der Waals surface area contributed by atoms with Crippen molar-refractivity contribution in [2.75, 3.05) is 18.9 Å². The fourth-order valence-electron chi connectivity index (χ4n) is 3.42. The van der Waals surface area contributed by atoms with Gasteiger partial charge in [0.15, 0.2) is 11.6 Å². The third-order valence-electron chi connectivity index (χ3n) is 5.32. The minimum Gasteiger partial charge on any atom is -0.494 e. The van der Waals surface area contributed by atoms with Gasteiger partial charge in [0.2, 0.25) is 21.8 Å². The van der Waals surface area contributed by atoms with Gasteiger partial charge in [-0.1, -0.05) is 17.7 Å². The van der Waals surface area contributed by atoms with Crippen molar-refractivity contribution in [1.82, 2.24) is 24.7 Å². The Bertz CT molecular complexity index is 1470. The van der Waals surface area contributed by atoms with Crippen LogP contribution in [0.15, 0.2) is 47.0 Å². The van der Waals surface area contributed by atoms with Crippen LogP contribution in [0.1, 0.15) is 24.6 Å². The van der Waals surface area contributed by atoms with E-state index in [1.54, 1.807) is 37.3 Å². The van der Waals surface area contributed by atoms with Crippen molar-refractivity contribution in [1.29, 1.82) is 0 Å². The van der Waals surface area contributed by atoms with Crippen LogP contribution >= 0.6 is 11.6 Å². The predicted molar refractivity (Wildman–Crippen MR) is 131 cm³/mol. The number of rotatable bonds is 9. The summed E-state index contributed by atoms with van der Waals surface area (Å²) >= 11 is 5.86. The molecule has 14 heteroatoms. The minimum atomic E-state index is -4.27. The Balaban J connectivity index is 1.82. The number of nitrogens with one attached hydrogen (secondary N) is 1. The number of aliphatic hydroxyl groups excluding tert-OH is 1. The number of hydrogen-bond donors (Lipinski definition) is 2. The number of aromatic nitrogens is 5. The summed E-state index contributed by atoms with van der Waals surface area (Å²) in [6.45, 7) is 3.07. The molecule has 1 aromatic carbocycles. The Kier molecular flexibility index (Phi) is 7.15. The fourth-order valence-corrected chi connectivity index (χ4v) is 4.60. The smallest absolute Gasteiger partial charge is 0.243 e. The number of nitrogens with zero attached hydrogens (tertiary/aromatic N) is 5. The van der Waals surface area contributed by atoms with E-state index in [0.29, 0.717) is 28.7 Å². The molecule has 0 saturated heterocycles. The average molecular weight is 535 g/mol. The maximum Gasteiger partial charge on any atom is 0.243 e.